The van der Waals surface area contributed by atoms with Crippen LogP contribution in [0.15, 0.2) is 47.5 Å². The molecule has 1 heterocycles. The Hall–Kier alpha value is -2.67. The highest BCUT2D eigenvalue weighted by atomic mass is 19.1. The number of aliphatic hydroxyl groups excluding tert-OH is 1. The summed E-state index contributed by atoms with van der Waals surface area (Å²) in [5.41, 5.74) is 1.74. The van der Waals surface area contributed by atoms with Crippen molar-refractivity contribution >= 4 is 11.6 Å². The fourth-order valence-electron chi connectivity index (χ4n) is 3.31. The third-order valence-electron chi connectivity index (χ3n) is 4.80. The summed E-state index contributed by atoms with van der Waals surface area (Å²) in [7, 11) is 0. The van der Waals surface area contributed by atoms with Gasteiger partial charge in [-0.3, -0.25) is 0 Å². The van der Waals surface area contributed by atoms with E-state index in [2.05, 4.69) is 15.2 Å². The number of benzene rings is 2. The maximum absolute atomic E-state index is 14.0. The van der Waals surface area contributed by atoms with Crippen LogP contribution >= 0.6 is 0 Å². The summed E-state index contributed by atoms with van der Waals surface area (Å²) in [5.74, 6) is 0.171. The second kappa shape index (κ2) is 9.50. The van der Waals surface area contributed by atoms with E-state index >= 15 is 0 Å². The molecule has 2 N–H and O–H groups in total. The minimum Gasteiger partial charge on any atom is -0.392 e. The molecule has 0 bridgehead atoms. The molecule has 1 fully saturated rings. The third kappa shape index (κ3) is 4.78. The number of hydrogen-bond donors (Lipinski definition) is 2. The first-order valence-electron chi connectivity index (χ1n) is 9.53. The van der Waals surface area contributed by atoms with Crippen LogP contribution < -0.4 is 10.2 Å². The van der Waals surface area contributed by atoms with Crippen molar-refractivity contribution < 1.29 is 13.9 Å². The molecule has 0 aliphatic carbocycles. The quantitative estimate of drug-likeness (QED) is 0.611. The van der Waals surface area contributed by atoms with Crippen LogP contribution in [0.1, 0.15) is 18.1 Å². The van der Waals surface area contributed by atoms with Crippen molar-refractivity contribution in [2.45, 2.75) is 20.1 Å². The summed E-state index contributed by atoms with van der Waals surface area (Å²) in [6.45, 7) is 5.67. The Labute approximate surface area is 164 Å². The largest absolute Gasteiger partial charge is 0.392 e. The molecule has 3 rings (SSSR count). The van der Waals surface area contributed by atoms with Gasteiger partial charge in [0.1, 0.15) is 11.6 Å². The zero-order valence-electron chi connectivity index (χ0n) is 16.0. The summed E-state index contributed by atoms with van der Waals surface area (Å²) >= 11 is 0. The smallest absolute Gasteiger partial charge is 0.194 e. The molecule has 2 aromatic rings. The monoisotopic (exact) mass is 388 g/mol. The number of aliphatic imine (C=N–C) groups is 1. The van der Waals surface area contributed by atoms with E-state index in [0.717, 1.165) is 31.2 Å². The van der Waals surface area contributed by atoms with Gasteiger partial charge in [-0.1, -0.05) is 18.2 Å². The number of hydrogen-bond acceptors (Lipinski definition) is 3. The average molecular weight is 388 g/mol. The van der Waals surface area contributed by atoms with Crippen molar-refractivity contribution in [1.82, 2.24) is 10.2 Å². The Bertz CT molecular complexity index is 820. The SMILES string of the molecule is CCNC(=NCc1ccc(F)c(CO)c1)N1CCN(c2ccccc2F)CC1. The van der Waals surface area contributed by atoms with E-state index in [1.807, 2.05) is 17.9 Å². The highest BCUT2D eigenvalue weighted by Gasteiger charge is 2.21. The van der Waals surface area contributed by atoms with E-state index in [0.29, 0.717) is 25.3 Å². The zero-order chi connectivity index (χ0) is 19.9. The molecule has 0 amide bonds. The number of aliphatic hydroxyl groups is 1. The Morgan fingerprint density at radius 3 is 2.50 bits per heavy atom. The molecule has 1 saturated heterocycles. The first-order chi connectivity index (χ1) is 13.6. The van der Waals surface area contributed by atoms with Gasteiger partial charge in [-0.15, -0.1) is 0 Å². The van der Waals surface area contributed by atoms with Gasteiger partial charge < -0.3 is 20.2 Å². The number of nitrogens with one attached hydrogen (secondary N) is 1. The van der Waals surface area contributed by atoms with E-state index in [1.165, 1.54) is 12.1 Å². The van der Waals surface area contributed by atoms with Crippen LogP contribution in [0, 0.1) is 11.6 Å². The van der Waals surface area contributed by atoms with Crippen molar-refractivity contribution in [3.8, 4) is 0 Å². The first kappa shape index (κ1) is 20.1. The van der Waals surface area contributed by atoms with Crippen LogP contribution in [0.3, 0.4) is 0 Å². The topological polar surface area (TPSA) is 51.1 Å². The Morgan fingerprint density at radius 1 is 1.07 bits per heavy atom. The fraction of sp³-hybridized carbons (Fsp3) is 0.381. The molecule has 0 radical (unpaired) electrons. The minimum absolute atomic E-state index is 0.201. The summed E-state index contributed by atoms with van der Waals surface area (Å²) in [6.07, 6.45) is 0. The molecule has 0 spiro atoms. The van der Waals surface area contributed by atoms with E-state index in [-0.39, 0.29) is 18.0 Å². The lowest BCUT2D eigenvalue weighted by molar-refractivity contribution is 0.275. The van der Waals surface area contributed by atoms with Crippen LogP contribution in [-0.4, -0.2) is 48.7 Å². The number of guanidine groups is 1. The van der Waals surface area contributed by atoms with Gasteiger partial charge in [0.15, 0.2) is 5.96 Å². The molecule has 7 heteroatoms. The van der Waals surface area contributed by atoms with Gasteiger partial charge in [0, 0.05) is 38.3 Å². The van der Waals surface area contributed by atoms with Gasteiger partial charge in [0.05, 0.1) is 18.8 Å². The van der Waals surface area contributed by atoms with Gasteiger partial charge in [0.25, 0.3) is 0 Å². The van der Waals surface area contributed by atoms with E-state index < -0.39 is 5.82 Å². The minimum atomic E-state index is -0.411. The molecule has 5 nitrogen and oxygen atoms in total. The van der Waals surface area contributed by atoms with Gasteiger partial charge in [0.2, 0.25) is 0 Å². The Morgan fingerprint density at radius 2 is 1.82 bits per heavy atom. The number of para-hydroxylation sites is 1. The van der Waals surface area contributed by atoms with Crippen LogP contribution in [0.4, 0.5) is 14.5 Å². The summed E-state index contributed by atoms with van der Waals surface area (Å²) in [6, 6.07) is 11.5. The Kier molecular flexibility index (Phi) is 6.81. The number of halogens is 2. The zero-order valence-corrected chi connectivity index (χ0v) is 16.0. The molecular weight excluding hydrogens is 362 g/mol. The van der Waals surface area contributed by atoms with E-state index in [1.54, 1.807) is 24.3 Å². The van der Waals surface area contributed by atoms with Crippen molar-refractivity contribution in [3.05, 3.63) is 65.2 Å². The second-order valence-corrected chi connectivity index (χ2v) is 6.68. The molecule has 1 aliphatic heterocycles. The van der Waals surface area contributed by atoms with Gasteiger partial charge in [-0.2, -0.15) is 0 Å². The summed E-state index contributed by atoms with van der Waals surface area (Å²) in [4.78, 5) is 8.86. The maximum Gasteiger partial charge on any atom is 0.194 e. The van der Waals surface area contributed by atoms with Crippen LogP contribution in [0.5, 0.6) is 0 Å². The van der Waals surface area contributed by atoms with Crippen LogP contribution in [0.25, 0.3) is 0 Å². The van der Waals surface area contributed by atoms with Crippen molar-refractivity contribution in [2.24, 2.45) is 4.99 Å². The van der Waals surface area contributed by atoms with Crippen LogP contribution in [0.2, 0.25) is 0 Å². The van der Waals surface area contributed by atoms with E-state index in [4.69, 9.17) is 0 Å². The predicted octanol–water partition coefficient (Wildman–Crippen LogP) is 2.74. The molecule has 0 atom stereocenters. The lowest BCUT2D eigenvalue weighted by Crippen LogP contribution is -2.52. The fourth-order valence-corrected chi connectivity index (χ4v) is 3.31. The average Bonchev–Trinajstić information content (AvgIpc) is 2.72. The standard InChI is InChI=1S/C21H26F2N4O/c1-2-24-21(25-14-16-7-8-18(22)17(13-16)15-28)27-11-9-26(10-12-27)20-6-4-3-5-19(20)23/h3-8,13,28H,2,9-12,14-15H2,1H3,(H,24,25). The Balaban J connectivity index is 1.66. The lowest BCUT2D eigenvalue weighted by atomic mass is 10.1. The molecule has 150 valence electrons. The normalized spacial score (nSPS) is 15.1. The number of anilines is 1. The molecule has 1 aliphatic rings. The van der Waals surface area contributed by atoms with E-state index in [9.17, 15) is 13.9 Å². The highest BCUT2D eigenvalue weighted by Crippen LogP contribution is 2.20. The van der Waals surface area contributed by atoms with Crippen molar-refractivity contribution in [2.75, 3.05) is 37.6 Å². The predicted molar refractivity (Wildman–Crippen MR) is 107 cm³/mol. The van der Waals surface area contributed by atoms with Crippen LogP contribution in [-0.2, 0) is 13.2 Å². The molecule has 2 aromatic carbocycles. The number of rotatable bonds is 5. The summed E-state index contributed by atoms with van der Waals surface area (Å²) < 4.78 is 27.6. The first-order valence-corrected chi connectivity index (χ1v) is 9.53. The van der Waals surface area contributed by atoms with Gasteiger partial charge in [-0.05, 0) is 36.8 Å². The molecule has 0 unspecified atom stereocenters. The van der Waals surface area contributed by atoms with Crippen molar-refractivity contribution in [3.63, 3.8) is 0 Å². The van der Waals surface area contributed by atoms with Gasteiger partial charge >= 0.3 is 0 Å². The number of piperazine rings is 1. The molecule has 0 aromatic heterocycles. The number of nitrogens with zero attached hydrogens (tertiary/aromatic N) is 3. The lowest BCUT2D eigenvalue weighted by Gasteiger charge is -2.37. The molecule has 0 saturated carbocycles. The third-order valence-corrected chi connectivity index (χ3v) is 4.80. The van der Waals surface area contributed by atoms with Crippen molar-refractivity contribution in [1.29, 1.82) is 0 Å². The second-order valence-electron chi connectivity index (χ2n) is 6.68. The highest BCUT2D eigenvalue weighted by molar-refractivity contribution is 5.80. The maximum atomic E-state index is 14.0. The molecule has 28 heavy (non-hydrogen) atoms. The van der Waals surface area contributed by atoms with Gasteiger partial charge in [-0.25, -0.2) is 13.8 Å². The summed E-state index contributed by atoms with van der Waals surface area (Å²) in [5, 5.41) is 12.5. The molecular formula is C21H26F2N4O.